The molecule has 1 unspecified atom stereocenters. The molecule has 6 nitrogen and oxygen atoms in total. The fraction of sp³-hybridized carbons (Fsp3) is 0.462. The normalized spacial score (nSPS) is 13.1. The average molecular weight is 300 g/mol. The first-order valence-electron chi connectivity index (χ1n) is 6.11. The van der Waals surface area contributed by atoms with Crippen LogP contribution in [0.2, 0.25) is 0 Å². The monoisotopic (exact) mass is 300 g/mol. The van der Waals surface area contributed by atoms with E-state index < -0.39 is 21.8 Å². The number of ether oxygens (including phenoxy) is 1. The van der Waals surface area contributed by atoms with E-state index in [-0.39, 0.29) is 11.5 Å². The fourth-order valence-corrected chi connectivity index (χ4v) is 2.75. The number of hydrogen-bond acceptors (Lipinski definition) is 4. The number of primary sulfonamides is 1. The molecule has 0 aliphatic carbocycles. The van der Waals surface area contributed by atoms with Gasteiger partial charge in [-0.05, 0) is 43.5 Å². The number of benzene rings is 1. The van der Waals surface area contributed by atoms with Gasteiger partial charge in [-0.2, -0.15) is 0 Å². The highest BCUT2D eigenvalue weighted by Gasteiger charge is 2.19. The van der Waals surface area contributed by atoms with Gasteiger partial charge in [-0.25, -0.2) is 13.6 Å². The van der Waals surface area contributed by atoms with Crippen molar-refractivity contribution in [1.82, 2.24) is 0 Å². The number of primary amides is 1. The molecular weight excluding hydrogens is 280 g/mol. The van der Waals surface area contributed by atoms with Gasteiger partial charge in [-0.1, -0.05) is 6.92 Å². The summed E-state index contributed by atoms with van der Waals surface area (Å²) in [6.45, 7) is 6.95. The van der Waals surface area contributed by atoms with E-state index in [2.05, 4.69) is 0 Å². The number of nitrogens with two attached hydrogens (primary N) is 2. The quantitative estimate of drug-likeness (QED) is 0.835. The van der Waals surface area contributed by atoms with Crippen LogP contribution < -0.4 is 15.6 Å². The molecule has 1 atom stereocenters. The molecule has 0 saturated carbocycles. The van der Waals surface area contributed by atoms with E-state index in [0.29, 0.717) is 22.4 Å². The van der Waals surface area contributed by atoms with Gasteiger partial charge in [0.2, 0.25) is 15.9 Å². The number of carbonyl (C=O) groups excluding carboxylic acids is 1. The molecular formula is C13H20N2O4S. The third kappa shape index (κ3) is 3.49. The number of rotatable bonds is 5. The van der Waals surface area contributed by atoms with Crippen molar-refractivity contribution < 1.29 is 17.9 Å². The minimum atomic E-state index is -3.77. The lowest BCUT2D eigenvalue weighted by molar-refractivity contribution is -0.122. The number of amides is 1. The van der Waals surface area contributed by atoms with Crippen LogP contribution in [0, 0.1) is 26.7 Å². The topological polar surface area (TPSA) is 112 Å². The average Bonchev–Trinajstić information content (AvgIpc) is 2.31. The first-order valence-corrected chi connectivity index (χ1v) is 7.66. The first kappa shape index (κ1) is 16.5. The number of aryl methyl sites for hydroxylation is 1. The lowest BCUT2D eigenvalue weighted by Gasteiger charge is -2.18. The van der Waals surface area contributed by atoms with Crippen LogP contribution in [-0.2, 0) is 14.8 Å². The Morgan fingerprint density at radius 1 is 1.30 bits per heavy atom. The first-order chi connectivity index (χ1) is 9.05. The second-order valence-electron chi connectivity index (χ2n) is 4.93. The maximum absolute atomic E-state index is 11.5. The van der Waals surface area contributed by atoms with Gasteiger partial charge in [0.15, 0.2) is 0 Å². The van der Waals surface area contributed by atoms with Crippen molar-refractivity contribution >= 4 is 15.9 Å². The summed E-state index contributed by atoms with van der Waals surface area (Å²) in [5.41, 5.74) is 7.05. The van der Waals surface area contributed by atoms with Crippen LogP contribution in [-0.4, -0.2) is 20.9 Å². The summed E-state index contributed by atoms with van der Waals surface area (Å²) < 4.78 is 28.6. The molecule has 0 bridgehead atoms. The van der Waals surface area contributed by atoms with E-state index >= 15 is 0 Å². The number of sulfonamides is 1. The molecule has 7 heteroatoms. The lowest BCUT2D eigenvalue weighted by Crippen LogP contribution is -2.26. The molecule has 1 rings (SSSR count). The molecule has 0 heterocycles. The SMILES string of the molecule is Cc1cc(S(N)(=O)=O)c(C)c(C)c1OCC(C)C(N)=O. The van der Waals surface area contributed by atoms with Crippen LogP contribution in [0.25, 0.3) is 0 Å². The van der Waals surface area contributed by atoms with Crippen LogP contribution in [0.3, 0.4) is 0 Å². The molecule has 0 radical (unpaired) electrons. The second-order valence-corrected chi connectivity index (χ2v) is 6.46. The van der Waals surface area contributed by atoms with Crippen LogP contribution >= 0.6 is 0 Å². The predicted molar refractivity (Wildman–Crippen MR) is 75.9 cm³/mol. The highest BCUT2D eigenvalue weighted by Crippen LogP contribution is 2.30. The molecule has 0 spiro atoms. The van der Waals surface area contributed by atoms with E-state index in [1.54, 1.807) is 27.7 Å². The molecule has 0 fully saturated rings. The molecule has 1 aromatic carbocycles. The highest BCUT2D eigenvalue weighted by molar-refractivity contribution is 7.89. The van der Waals surface area contributed by atoms with Crippen molar-refractivity contribution in [2.24, 2.45) is 16.8 Å². The van der Waals surface area contributed by atoms with Crippen LogP contribution in [0.15, 0.2) is 11.0 Å². The Balaban J connectivity index is 3.18. The second kappa shape index (κ2) is 5.80. The summed E-state index contributed by atoms with van der Waals surface area (Å²) in [7, 11) is -3.77. The Bertz CT molecular complexity index is 638. The van der Waals surface area contributed by atoms with E-state index in [9.17, 15) is 13.2 Å². The Kier molecular flexibility index (Phi) is 4.77. The Morgan fingerprint density at radius 2 is 1.85 bits per heavy atom. The summed E-state index contributed by atoms with van der Waals surface area (Å²) in [5.74, 6) is -0.312. The Hall–Kier alpha value is -1.60. The van der Waals surface area contributed by atoms with Gasteiger partial charge < -0.3 is 10.5 Å². The van der Waals surface area contributed by atoms with Crippen LogP contribution in [0.5, 0.6) is 5.75 Å². The molecule has 20 heavy (non-hydrogen) atoms. The summed E-state index contributed by atoms with van der Waals surface area (Å²) in [5, 5.41) is 5.18. The Labute approximate surface area is 119 Å². The summed E-state index contributed by atoms with van der Waals surface area (Å²) in [4.78, 5) is 11.1. The molecule has 112 valence electrons. The van der Waals surface area contributed by atoms with Gasteiger partial charge in [0.05, 0.1) is 17.4 Å². The third-order valence-electron chi connectivity index (χ3n) is 3.25. The van der Waals surface area contributed by atoms with Crippen molar-refractivity contribution in [2.45, 2.75) is 32.6 Å². The van der Waals surface area contributed by atoms with Crippen LogP contribution in [0.1, 0.15) is 23.6 Å². The number of carbonyl (C=O) groups is 1. The third-order valence-corrected chi connectivity index (χ3v) is 4.29. The zero-order valence-corrected chi connectivity index (χ0v) is 12.9. The number of hydrogen-bond donors (Lipinski definition) is 2. The van der Waals surface area contributed by atoms with Crippen molar-refractivity contribution in [3.05, 3.63) is 22.8 Å². The zero-order valence-electron chi connectivity index (χ0n) is 12.1. The molecule has 0 aliphatic rings. The summed E-state index contributed by atoms with van der Waals surface area (Å²) in [6.07, 6.45) is 0. The van der Waals surface area contributed by atoms with Gasteiger partial charge in [-0.15, -0.1) is 0 Å². The van der Waals surface area contributed by atoms with Crippen molar-refractivity contribution in [3.8, 4) is 5.75 Å². The van der Waals surface area contributed by atoms with Crippen molar-refractivity contribution in [2.75, 3.05) is 6.61 Å². The smallest absolute Gasteiger partial charge is 0.238 e. The summed E-state index contributed by atoms with van der Waals surface area (Å²) in [6, 6.07) is 1.47. The fourth-order valence-electron chi connectivity index (χ4n) is 1.83. The maximum atomic E-state index is 11.5. The minimum Gasteiger partial charge on any atom is -0.492 e. The zero-order chi connectivity index (χ0) is 15.7. The van der Waals surface area contributed by atoms with E-state index in [4.69, 9.17) is 15.6 Å². The van der Waals surface area contributed by atoms with Gasteiger partial charge in [-0.3, -0.25) is 4.79 Å². The van der Waals surface area contributed by atoms with Gasteiger partial charge in [0.1, 0.15) is 5.75 Å². The molecule has 0 aromatic heterocycles. The van der Waals surface area contributed by atoms with Crippen molar-refractivity contribution in [1.29, 1.82) is 0 Å². The maximum Gasteiger partial charge on any atom is 0.238 e. The standard InChI is InChI=1S/C13H20N2O4S/c1-7-5-11(20(15,17)18)9(3)10(4)12(7)19-6-8(2)13(14)16/h5,8H,6H2,1-4H3,(H2,14,16)(H2,15,17,18). The van der Waals surface area contributed by atoms with Crippen molar-refractivity contribution in [3.63, 3.8) is 0 Å². The van der Waals surface area contributed by atoms with Gasteiger partial charge in [0.25, 0.3) is 0 Å². The molecule has 0 aliphatic heterocycles. The largest absolute Gasteiger partial charge is 0.492 e. The molecule has 1 amide bonds. The lowest BCUT2D eigenvalue weighted by atomic mass is 10.0. The highest BCUT2D eigenvalue weighted by atomic mass is 32.2. The van der Waals surface area contributed by atoms with E-state index in [0.717, 1.165) is 0 Å². The molecule has 4 N–H and O–H groups in total. The predicted octanol–water partition coefficient (Wildman–Crippen LogP) is 0.759. The molecule has 1 aromatic rings. The summed E-state index contributed by atoms with van der Waals surface area (Å²) >= 11 is 0. The molecule has 0 saturated heterocycles. The van der Waals surface area contributed by atoms with Gasteiger partial charge in [0, 0.05) is 0 Å². The van der Waals surface area contributed by atoms with Crippen LogP contribution in [0.4, 0.5) is 0 Å². The minimum absolute atomic E-state index is 0.0859. The van der Waals surface area contributed by atoms with Gasteiger partial charge >= 0.3 is 0 Å². The van der Waals surface area contributed by atoms with E-state index in [1.165, 1.54) is 6.07 Å². The van der Waals surface area contributed by atoms with E-state index in [1.807, 2.05) is 0 Å². The Morgan fingerprint density at radius 3 is 2.30 bits per heavy atom.